The maximum atomic E-state index is 12.0. The minimum Gasteiger partial charge on any atom is -0.314 e. The van der Waals surface area contributed by atoms with Crippen LogP contribution in [0.5, 0.6) is 0 Å². The average molecular weight is 427 g/mol. The van der Waals surface area contributed by atoms with Crippen molar-refractivity contribution in [2.75, 3.05) is 38.5 Å². The number of carbonyl (C=O) groups excluding carboxylic acids is 1. The van der Waals surface area contributed by atoms with E-state index >= 15 is 0 Å². The first-order valence-electron chi connectivity index (χ1n) is 12.9. The van der Waals surface area contributed by atoms with E-state index in [2.05, 4.69) is 17.1 Å². The van der Waals surface area contributed by atoms with E-state index in [1.807, 2.05) is 0 Å². The van der Waals surface area contributed by atoms with Gasteiger partial charge in [-0.25, -0.2) is 0 Å². The van der Waals surface area contributed by atoms with Crippen LogP contribution in [0.25, 0.3) is 0 Å². The molecule has 1 saturated heterocycles. The predicted molar refractivity (Wildman–Crippen MR) is 131 cm³/mol. The third-order valence-electron chi connectivity index (χ3n) is 6.08. The zero-order chi connectivity index (χ0) is 20.8. The summed E-state index contributed by atoms with van der Waals surface area (Å²) < 4.78 is 0. The van der Waals surface area contributed by atoms with E-state index in [9.17, 15) is 4.79 Å². The Morgan fingerprint density at radius 3 is 1.72 bits per heavy atom. The van der Waals surface area contributed by atoms with Crippen LogP contribution in [-0.4, -0.2) is 48.5 Å². The molecular weight excluding hydrogens is 376 g/mol. The fraction of sp³-hybridized carbons (Fsp3) is 0.960. The quantitative estimate of drug-likeness (QED) is 0.217. The van der Waals surface area contributed by atoms with Gasteiger partial charge < -0.3 is 10.2 Å². The molecule has 0 aromatic heterocycles. The van der Waals surface area contributed by atoms with E-state index in [1.54, 1.807) is 11.8 Å². The molecule has 0 atom stereocenters. The van der Waals surface area contributed by atoms with Gasteiger partial charge in [-0.2, -0.15) is 0 Å². The second-order valence-corrected chi connectivity index (χ2v) is 10.0. The van der Waals surface area contributed by atoms with Gasteiger partial charge in [0.25, 0.3) is 0 Å². The van der Waals surface area contributed by atoms with Gasteiger partial charge in [-0.15, -0.1) is 0 Å². The van der Waals surface area contributed by atoms with Crippen molar-refractivity contribution in [1.82, 2.24) is 10.2 Å². The lowest BCUT2D eigenvalue weighted by atomic mass is 10.0. The minimum atomic E-state index is 0.417. The monoisotopic (exact) mass is 426 g/mol. The molecule has 0 spiro atoms. The molecule has 0 radical (unpaired) electrons. The molecule has 172 valence electrons. The summed E-state index contributed by atoms with van der Waals surface area (Å²) in [6, 6.07) is 0. The molecule has 0 aromatic carbocycles. The third kappa shape index (κ3) is 18.4. The van der Waals surface area contributed by atoms with E-state index in [0.29, 0.717) is 5.12 Å². The van der Waals surface area contributed by atoms with Crippen molar-refractivity contribution in [1.29, 1.82) is 0 Å². The fourth-order valence-electron chi connectivity index (χ4n) is 4.12. The highest BCUT2D eigenvalue weighted by Gasteiger charge is 2.09. The Morgan fingerprint density at radius 2 is 1.21 bits per heavy atom. The van der Waals surface area contributed by atoms with E-state index in [4.69, 9.17) is 0 Å². The molecule has 0 unspecified atom stereocenters. The number of nitrogens with one attached hydrogen (secondary N) is 1. The molecule has 1 rings (SSSR count). The molecule has 4 heteroatoms. The van der Waals surface area contributed by atoms with Crippen LogP contribution < -0.4 is 5.32 Å². The van der Waals surface area contributed by atoms with Gasteiger partial charge in [0, 0.05) is 38.4 Å². The lowest BCUT2D eigenvalue weighted by molar-refractivity contribution is -0.111. The molecule has 1 aliphatic heterocycles. The van der Waals surface area contributed by atoms with E-state index < -0.39 is 0 Å². The summed E-state index contributed by atoms with van der Waals surface area (Å²) in [7, 11) is 0. The standard InChI is InChI=1S/C25H50N2OS/c1-2-3-4-5-6-7-8-9-10-11-12-13-14-15-16-18-25(28)29-24-17-21-27-22-19-26-20-23-27/h26H,2-24H2,1H3. The number of unbranched alkanes of at least 4 members (excludes halogenated alkanes) is 14. The molecule has 29 heavy (non-hydrogen) atoms. The maximum absolute atomic E-state index is 12.0. The number of carbonyl (C=O) groups is 1. The van der Waals surface area contributed by atoms with Crippen molar-refractivity contribution in [3.05, 3.63) is 0 Å². The van der Waals surface area contributed by atoms with Crippen LogP contribution in [0.4, 0.5) is 0 Å². The molecule has 1 fully saturated rings. The van der Waals surface area contributed by atoms with Gasteiger partial charge in [0.05, 0.1) is 0 Å². The Balaban J connectivity index is 1.72. The van der Waals surface area contributed by atoms with Crippen LogP contribution in [0.2, 0.25) is 0 Å². The van der Waals surface area contributed by atoms with Gasteiger partial charge in [0.15, 0.2) is 5.12 Å². The SMILES string of the molecule is CCCCCCCCCCCCCCCCCC(=O)SCCCN1CCNCC1. The lowest BCUT2D eigenvalue weighted by Crippen LogP contribution is -2.43. The van der Waals surface area contributed by atoms with Crippen LogP contribution in [-0.2, 0) is 4.79 Å². The summed E-state index contributed by atoms with van der Waals surface area (Å²) in [6.07, 6.45) is 22.6. The van der Waals surface area contributed by atoms with Gasteiger partial charge in [-0.05, 0) is 19.4 Å². The van der Waals surface area contributed by atoms with Gasteiger partial charge in [-0.1, -0.05) is 109 Å². The highest BCUT2D eigenvalue weighted by molar-refractivity contribution is 8.13. The van der Waals surface area contributed by atoms with Gasteiger partial charge in [0.2, 0.25) is 0 Å². The van der Waals surface area contributed by atoms with Gasteiger partial charge in [-0.3, -0.25) is 4.79 Å². The molecule has 1 heterocycles. The molecule has 1 N–H and O–H groups in total. The van der Waals surface area contributed by atoms with E-state index in [0.717, 1.165) is 57.7 Å². The van der Waals surface area contributed by atoms with Crippen molar-refractivity contribution >= 4 is 16.9 Å². The largest absolute Gasteiger partial charge is 0.314 e. The predicted octanol–water partition coefficient (Wildman–Crippen LogP) is 6.80. The van der Waals surface area contributed by atoms with Crippen molar-refractivity contribution in [3.8, 4) is 0 Å². The Hall–Kier alpha value is -0.0600. The first-order valence-corrected chi connectivity index (χ1v) is 13.9. The van der Waals surface area contributed by atoms with Crippen LogP contribution >= 0.6 is 11.8 Å². The van der Waals surface area contributed by atoms with E-state index in [1.165, 1.54) is 89.9 Å². The van der Waals surface area contributed by atoms with Crippen molar-refractivity contribution in [2.45, 2.75) is 116 Å². The second kappa shape index (κ2) is 21.2. The summed E-state index contributed by atoms with van der Waals surface area (Å²) in [6.45, 7) is 8.00. The van der Waals surface area contributed by atoms with Crippen LogP contribution in [0.1, 0.15) is 116 Å². The number of nitrogens with zero attached hydrogens (tertiary/aromatic N) is 1. The first kappa shape index (κ1) is 27.0. The highest BCUT2D eigenvalue weighted by Crippen LogP contribution is 2.15. The van der Waals surface area contributed by atoms with Crippen molar-refractivity contribution in [3.63, 3.8) is 0 Å². The Morgan fingerprint density at radius 1 is 0.724 bits per heavy atom. The fourth-order valence-corrected chi connectivity index (χ4v) is 4.91. The topological polar surface area (TPSA) is 32.3 Å². The zero-order valence-electron chi connectivity index (χ0n) is 19.5. The van der Waals surface area contributed by atoms with Gasteiger partial charge >= 0.3 is 0 Å². The normalized spacial score (nSPS) is 15.1. The first-order chi connectivity index (χ1) is 14.3. The number of hydrogen-bond donors (Lipinski definition) is 1. The van der Waals surface area contributed by atoms with E-state index in [-0.39, 0.29) is 0 Å². The van der Waals surface area contributed by atoms with Crippen LogP contribution in [0.3, 0.4) is 0 Å². The van der Waals surface area contributed by atoms with Crippen molar-refractivity contribution in [2.24, 2.45) is 0 Å². The number of thioether (sulfide) groups is 1. The molecule has 1 aliphatic rings. The summed E-state index contributed by atoms with van der Waals surface area (Å²) in [5.41, 5.74) is 0. The second-order valence-electron chi connectivity index (χ2n) is 8.87. The summed E-state index contributed by atoms with van der Waals surface area (Å²) in [4.78, 5) is 14.5. The molecule has 3 nitrogen and oxygen atoms in total. The molecular formula is C25H50N2OS. The van der Waals surface area contributed by atoms with Gasteiger partial charge in [0.1, 0.15) is 0 Å². The number of piperazine rings is 1. The average Bonchev–Trinajstić information content (AvgIpc) is 2.75. The Labute approximate surface area is 186 Å². The molecule has 0 amide bonds. The van der Waals surface area contributed by atoms with Crippen LogP contribution in [0, 0.1) is 0 Å². The number of rotatable bonds is 20. The molecule has 0 bridgehead atoms. The molecule has 0 aliphatic carbocycles. The van der Waals surface area contributed by atoms with Crippen LogP contribution in [0.15, 0.2) is 0 Å². The summed E-state index contributed by atoms with van der Waals surface area (Å²) >= 11 is 1.57. The maximum Gasteiger partial charge on any atom is 0.188 e. The molecule has 0 aromatic rings. The zero-order valence-corrected chi connectivity index (χ0v) is 20.3. The third-order valence-corrected chi connectivity index (χ3v) is 7.09. The van der Waals surface area contributed by atoms with Crippen molar-refractivity contribution < 1.29 is 4.79 Å². The lowest BCUT2D eigenvalue weighted by Gasteiger charge is -2.26. The highest BCUT2D eigenvalue weighted by atomic mass is 32.2. The summed E-state index contributed by atoms with van der Waals surface area (Å²) in [5, 5.41) is 3.80. The Kier molecular flexibility index (Phi) is 19.7. The smallest absolute Gasteiger partial charge is 0.188 e. The minimum absolute atomic E-state index is 0.417. The molecule has 0 saturated carbocycles. The number of hydrogen-bond acceptors (Lipinski definition) is 4. The Bertz CT molecular complexity index is 359. The summed E-state index contributed by atoms with van der Waals surface area (Å²) in [5.74, 6) is 1.00.